The fraction of sp³-hybridized carbons (Fsp3) is 0.278. The topological polar surface area (TPSA) is 93.5 Å². The van der Waals surface area contributed by atoms with Crippen LogP contribution in [0.25, 0.3) is 0 Å². The summed E-state index contributed by atoms with van der Waals surface area (Å²) in [6.07, 6.45) is -4.70. The van der Waals surface area contributed by atoms with E-state index in [4.69, 9.17) is 4.74 Å². The van der Waals surface area contributed by atoms with E-state index in [0.717, 1.165) is 17.7 Å². The Morgan fingerprint density at radius 3 is 2.57 bits per heavy atom. The quantitative estimate of drug-likeness (QED) is 0.523. The van der Waals surface area contributed by atoms with E-state index in [0.29, 0.717) is 11.8 Å². The number of nitrogens with zero attached hydrogens (tertiary/aromatic N) is 1. The maximum Gasteiger partial charge on any atom is 0.416 e. The van der Waals surface area contributed by atoms with E-state index in [2.05, 4.69) is 10.6 Å². The normalized spacial score (nSPS) is 11.0. The second-order valence-electron chi connectivity index (χ2n) is 5.75. The molecule has 1 amide bonds. The number of hydrogen-bond acceptors (Lipinski definition) is 5. The highest BCUT2D eigenvalue weighted by molar-refractivity contribution is 5.76. The molecule has 0 aliphatic rings. The van der Waals surface area contributed by atoms with Crippen molar-refractivity contribution < 1.29 is 27.6 Å². The fourth-order valence-corrected chi connectivity index (χ4v) is 2.45. The number of alkyl halides is 3. The molecular formula is C18H18F3N3O4. The number of nitro benzene ring substituents is 1. The van der Waals surface area contributed by atoms with Crippen LogP contribution in [0.5, 0.6) is 5.75 Å². The van der Waals surface area contributed by atoms with Crippen LogP contribution in [0, 0.1) is 10.1 Å². The number of anilines is 1. The summed E-state index contributed by atoms with van der Waals surface area (Å²) in [7, 11) is 1.52. The van der Waals surface area contributed by atoms with Crippen molar-refractivity contribution in [3.8, 4) is 5.75 Å². The highest BCUT2D eigenvalue weighted by atomic mass is 19.4. The Morgan fingerprint density at radius 1 is 1.21 bits per heavy atom. The summed E-state index contributed by atoms with van der Waals surface area (Å²) in [6.45, 7) is 0.257. The van der Waals surface area contributed by atoms with Crippen molar-refractivity contribution in [3.63, 3.8) is 0 Å². The second kappa shape index (κ2) is 9.07. The number of amides is 1. The summed E-state index contributed by atoms with van der Waals surface area (Å²) in [4.78, 5) is 22.1. The highest BCUT2D eigenvalue weighted by Crippen LogP contribution is 2.34. The van der Waals surface area contributed by atoms with Gasteiger partial charge in [0.1, 0.15) is 11.4 Å². The predicted octanol–water partition coefficient (Wildman–Crippen LogP) is 3.74. The molecule has 2 N–H and O–H groups in total. The summed E-state index contributed by atoms with van der Waals surface area (Å²) in [5.41, 5.74) is -1.12. The standard InChI is InChI=1S/C18H18F3N3O4/c1-28-16-5-3-2-4-12(16)11-23-17(25)8-9-22-14-7-6-13(18(19,20)21)10-15(14)24(26)27/h2-7,10,22H,8-9,11H2,1H3,(H,23,25). The van der Waals surface area contributed by atoms with Crippen LogP contribution >= 0.6 is 0 Å². The summed E-state index contributed by atoms with van der Waals surface area (Å²) < 4.78 is 43.3. The van der Waals surface area contributed by atoms with Crippen LogP contribution in [0.3, 0.4) is 0 Å². The first-order chi connectivity index (χ1) is 13.2. The zero-order valence-electron chi connectivity index (χ0n) is 14.9. The SMILES string of the molecule is COc1ccccc1CNC(=O)CCNc1ccc(C(F)(F)F)cc1[N+](=O)[O-]. The van der Waals surface area contributed by atoms with Crippen molar-refractivity contribution in [3.05, 3.63) is 63.7 Å². The molecule has 0 aromatic heterocycles. The van der Waals surface area contributed by atoms with Gasteiger partial charge in [-0.1, -0.05) is 18.2 Å². The summed E-state index contributed by atoms with van der Waals surface area (Å²) >= 11 is 0. The molecule has 0 bridgehead atoms. The zero-order chi connectivity index (χ0) is 20.7. The van der Waals surface area contributed by atoms with Crippen molar-refractivity contribution in [1.82, 2.24) is 5.32 Å². The number of para-hydroxylation sites is 1. The van der Waals surface area contributed by atoms with Gasteiger partial charge in [0.05, 0.1) is 17.6 Å². The number of ether oxygens (including phenoxy) is 1. The van der Waals surface area contributed by atoms with Crippen molar-refractivity contribution in [2.45, 2.75) is 19.1 Å². The first-order valence-electron chi connectivity index (χ1n) is 8.20. The Kier molecular flexibility index (Phi) is 6.80. The van der Waals surface area contributed by atoms with Crippen LogP contribution < -0.4 is 15.4 Å². The number of carbonyl (C=O) groups excluding carboxylic acids is 1. The largest absolute Gasteiger partial charge is 0.496 e. The molecule has 0 atom stereocenters. The molecule has 2 rings (SSSR count). The first kappa shape index (κ1) is 21.0. The van der Waals surface area contributed by atoms with Gasteiger partial charge < -0.3 is 15.4 Å². The number of nitro groups is 1. The molecule has 7 nitrogen and oxygen atoms in total. The summed E-state index contributed by atoms with van der Waals surface area (Å²) in [5, 5.41) is 16.3. The van der Waals surface area contributed by atoms with Gasteiger partial charge in [0, 0.05) is 31.1 Å². The van der Waals surface area contributed by atoms with E-state index in [-0.39, 0.29) is 31.1 Å². The van der Waals surface area contributed by atoms with Crippen LogP contribution in [0.1, 0.15) is 17.5 Å². The minimum Gasteiger partial charge on any atom is -0.496 e. The van der Waals surface area contributed by atoms with Gasteiger partial charge in [-0.2, -0.15) is 13.2 Å². The molecule has 28 heavy (non-hydrogen) atoms. The van der Waals surface area contributed by atoms with Crippen molar-refractivity contribution in [2.24, 2.45) is 0 Å². The van der Waals surface area contributed by atoms with Crippen LogP contribution in [-0.2, 0) is 17.5 Å². The average molecular weight is 397 g/mol. The van der Waals surface area contributed by atoms with E-state index >= 15 is 0 Å². The molecule has 0 aliphatic carbocycles. The average Bonchev–Trinajstić information content (AvgIpc) is 2.65. The van der Waals surface area contributed by atoms with Crippen LogP contribution in [0.4, 0.5) is 24.5 Å². The number of benzene rings is 2. The molecule has 10 heteroatoms. The highest BCUT2D eigenvalue weighted by Gasteiger charge is 2.33. The summed E-state index contributed by atoms with van der Waals surface area (Å²) in [5.74, 6) is 0.300. The molecular weight excluding hydrogens is 379 g/mol. The minimum absolute atomic E-state index is 0.0178. The molecule has 0 saturated heterocycles. The lowest BCUT2D eigenvalue weighted by atomic mass is 10.1. The van der Waals surface area contributed by atoms with Gasteiger partial charge in [-0.15, -0.1) is 0 Å². The van der Waals surface area contributed by atoms with Crippen LogP contribution in [-0.4, -0.2) is 24.5 Å². The first-order valence-corrected chi connectivity index (χ1v) is 8.20. The molecule has 150 valence electrons. The van der Waals surface area contributed by atoms with Gasteiger partial charge in [0.25, 0.3) is 5.69 Å². The number of nitrogens with one attached hydrogen (secondary N) is 2. The van der Waals surface area contributed by atoms with E-state index in [1.54, 1.807) is 24.3 Å². The molecule has 0 saturated carbocycles. The molecule has 0 fully saturated rings. The second-order valence-corrected chi connectivity index (χ2v) is 5.75. The third-order valence-electron chi connectivity index (χ3n) is 3.86. The number of carbonyl (C=O) groups is 1. The Labute approximate surface area is 158 Å². The molecule has 0 spiro atoms. The van der Waals surface area contributed by atoms with Crippen LogP contribution in [0.15, 0.2) is 42.5 Å². The van der Waals surface area contributed by atoms with Gasteiger partial charge in [-0.25, -0.2) is 0 Å². The Bertz CT molecular complexity index is 856. The molecule has 0 heterocycles. The minimum atomic E-state index is -4.68. The Morgan fingerprint density at radius 2 is 1.93 bits per heavy atom. The molecule has 0 radical (unpaired) electrons. The lowest BCUT2D eigenvalue weighted by Crippen LogP contribution is -2.25. The van der Waals surface area contributed by atoms with E-state index in [1.165, 1.54) is 7.11 Å². The molecule has 2 aromatic rings. The van der Waals surface area contributed by atoms with Crippen molar-refractivity contribution in [2.75, 3.05) is 19.0 Å². The van der Waals surface area contributed by atoms with Crippen molar-refractivity contribution >= 4 is 17.3 Å². The van der Waals surface area contributed by atoms with Gasteiger partial charge in [0.2, 0.25) is 5.91 Å². The zero-order valence-corrected chi connectivity index (χ0v) is 14.9. The van der Waals surface area contributed by atoms with E-state index < -0.39 is 22.4 Å². The number of methoxy groups -OCH3 is 1. The number of halogens is 3. The predicted molar refractivity (Wildman–Crippen MR) is 96.0 cm³/mol. The van der Waals surface area contributed by atoms with Gasteiger partial charge in [-0.05, 0) is 18.2 Å². The van der Waals surface area contributed by atoms with Crippen LogP contribution in [0.2, 0.25) is 0 Å². The smallest absolute Gasteiger partial charge is 0.416 e. The maximum absolute atomic E-state index is 12.7. The monoisotopic (exact) mass is 397 g/mol. The molecule has 2 aromatic carbocycles. The van der Waals surface area contributed by atoms with Crippen molar-refractivity contribution in [1.29, 1.82) is 0 Å². The third-order valence-corrected chi connectivity index (χ3v) is 3.86. The lowest BCUT2D eigenvalue weighted by molar-refractivity contribution is -0.384. The van der Waals surface area contributed by atoms with Gasteiger partial charge >= 0.3 is 6.18 Å². The van der Waals surface area contributed by atoms with Gasteiger partial charge in [-0.3, -0.25) is 14.9 Å². The Hall–Kier alpha value is -3.30. The number of rotatable bonds is 8. The molecule has 0 unspecified atom stereocenters. The Balaban J connectivity index is 1.92. The maximum atomic E-state index is 12.7. The van der Waals surface area contributed by atoms with Gasteiger partial charge in [0.15, 0.2) is 0 Å². The lowest BCUT2D eigenvalue weighted by Gasteiger charge is -2.11. The summed E-state index contributed by atoms with van der Waals surface area (Å²) in [6, 6.07) is 9.34. The van der Waals surface area contributed by atoms with E-state index in [1.807, 2.05) is 0 Å². The third kappa shape index (κ3) is 5.60. The van der Waals surface area contributed by atoms with E-state index in [9.17, 15) is 28.1 Å². The molecule has 0 aliphatic heterocycles. The number of hydrogen-bond donors (Lipinski definition) is 2. The fourth-order valence-electron chi connectivity index (χ4n) is 2.45.